The van der Waals surface area contributed by atoms with Gasteiger partial charge in [-0.2, -0.15) is 0 Å². The largest absolute Gasteiger partial charge is 0.393 e. The second-order valence-electron chi connectivity index (χ2n) is 3.86. The maximum Gasteiger partial charge on any atom is 0.213 e. The first kappa shape index (κ1) is 13.4. The van der Waals surface area contributed by atoms with Crippen molar-refractivity contribution in [1.82, 2.24) is 0 Å². The van der Waals surface area contributed by atoms with E-state index in [-0.39, 0.29) is 4.92 Å². The van der Waals surface area contributed by atoms with E-state index in [4.69, 9.17) is 5.11 Å². The van der Waals surface area contributed by atoms with Gasteiger partial charge in [0.25, 0.3) is 0 Å². The molecule has 0 aliphatic heterocycles. The van der Waals surface area contributed by atoms with Gasteiger partial charge in [0, 0.05) is 17.8 Å². The molecule has 2 atom stereocenters. The highest BCUT2D eigenvalue weighted by Gasteiger charge is 2.19. The number of aliphatic hydroxyl groups excluding tert-OH is 1. The SMILES string of the molecule is CCCCCC(CCC(C)O)[N+](=O)[O-]. The number of rotatable bonds is 8. The fraction of sp³-hybridized carbons (Fsp3) is 1.00. The summed E-state index contributed by atoms with van der Waals surface area (Å²) in [7, 11) is 0. The molecule has 0 aromatic rings. The van der Waals surface area contributed by atoms with Gasteiger partial charge < -0.3 is 5.11 Å². The smallest absolute Gasteiger partial charge is 0.213 e. The van der Waals surface area contributed by atoms with Gasteiger partial charge in [-0.1, -0.05) is 19.8 Å². The van der Waals surface area contributed by atoms with Crippen molar-refractivity contribution >= 4 is 0 Å². The minimum absolute atomic E-state index is 0.210. The average molecular weight is 203 g/mol. The van der Waals surface area contributed by atoms with E-state index in [1.165, 1.54) is 0 Å². The van der Waals surface area contributed by atoms with Gasteiger partial charge in [-0.15, -0.1) is 0 Å². The van der Waals surface area contributed by atoms with Crippen molar-refractivity contribution in [2.24, 2.45) is 0 Å². The van der Waals surface area contributed by atoms with Crippen LogP contribution in [0.5, 0.6) is 0 Å². The van der Waals surface area contributed by atoms with Crippen LogP contribution >= 0.6 is 0 Å². The summed E-state index contributed by atoms with van der Waals surface area (Å²) in [6.45, 7) is 3.75. The summed E-state index contributed by atoms with van der Waals surface area (Å²) in [6, 6.07) is -0.462. The summed E-state index contributed by atoms with van der Waals surface area (Å²) in [5, 5.41) is 19.7. The van der Waals surface area contributed by atoms with Gasteiger partial charge in [-0.3, -0.25) is 10.1 Å². The molecule has 0 fully saturated rings. The number of aliphatic hydroxyl groups is 1. The Morgan fingerprint density at radius 2 is 1.93 bits per heavy atom. The maximum absolute atomic E-state index is 10.6. The molecular weight excluding hydrogens is 182 g/mol. The van der Waals surface area contributed by atoms with Crippen molar-refractivity contribution < 1.29 is 10.0 Å². The molecule has 0 saturated carbocycles. The minimum Gasteiger partial charge on any atom is -0.393 e. The molecule has 1 N–H and O–H groups in total. The van der Waals surface area contributed by atoms with Gasteiger partial charge in [0.05, 0.1) is 6.10 Å². The second kappa shape index (κ2) is 7.74. The predicted molar refractivity (Wildman–Crippen MR) is 55.8 cm³/mol. The summed E-state index contributed by atoms with van der Waals surface area (Å²) < 4.78 is 0. The summed E-state index contributed by atoms with van der Waals surface area (Å²) >= 11 is 0. The quantitative estimate of drug-likeness (QED) is 0.374. The zero-order valence-corrected chi connectivity index (χ0v) is 9.11. The molecule has 84 valence electrons. The van der Waals surface area contributed by atoms with E-state index in [2.05, 4.69) is 6.92 Å². The van der Waals surface area contributed by atoms with Crippen LogP contribution in [-0.4, -0.2) is 22.2 Å². The lowest BCUT2D eigenvalue weighted by molar-refractivity contribution is -0.524. The lowest BCUT2D eigenvalue weighted by Gasteiger charge is -2.10. The fourth-order valence-corrected chi connectivity index (χ4v) is 1.42. The van der Waals surface area contributed by atoms with Crippen molar-refractivity contribution in [1.29, 1.82) is 0 Å². The Bertz CT molecular complexity index is 159. The van der Waals surface area contributed by atoms with E-state index < -0.39 is 12.1 Å². The minimum atomic E-state index is -0.462. The molecule has 0 amide bonds. The van der Waals surface area contributed by atoms with Crippen LogP contribution in [0.3, 0.4) is 0 Å². The summed E-state index contributed by atoms with van der Waals surface area (Å²) in [4.78, 5) is 10.4. The Hall–Kier alpha value is -0.640. The van der Waals surface area contributed by atoms with Crippen LogP contribution in [0.25, 0.3) is 0 Å². The zero-order chi connectivity index (χ0) is 11.0. The molecule has 4 heteroatoms. The van der Waals surface area contributed by atoms with E-state index in [0.29, 0.717) is 19.3 Å². The van der Waals surface area contributed by atoms with Crippen molar-refractivity contribution in [2.45, 2.75) is 64.5 Å². The first-order chi connectivity index (χ1) is 6.57. The molecule has 0 rings (SSSR count). The van der Waals surface area contributed by atoms with Crippen LogP contribution in [0.2, 0.25) is 0 Å². The molecule has 0 spiro atoms. The van der Waals surface area contributed by atoms with E-state index in [0.717, 1.165) is 19.3 Å². The zero-order valence-electron chi connectivity index (χ0n) is 9.11. The Balaban J connectivity index is 3.72. The van der Waals surface area contributed by atoms with E-state index in [9.17, 15) is 10.1 Å². The highest BCUT2D eigenvalue weighted by atomic mass is 16.6. The third-order valence-electron chi connectivity index (χ3n) is 2.36. The lowest BCUT2D eigenvalue weighted by atomic mass is 10.0. The van der Waals surface area contributed by atoms with Gasteiger partial charge in [-0.25, -0.2) is 0 Å². The normalized spacial score (nSPS) is 15.1. The first-order valence-corrected chi connectivity index (χ1v) is 5.39. The molecule has 4 nitrogen and oxygen atoms in total. The summed E-state index contributed by atoms with van der Waals surface area (Å²) in [5.41, 5.74) is 0. The molecule has 0 bridgehead atoms. The summed E-state index contributed by atoms with van der Waals surface area (Å²) in [5.74, 6) is 0. The Kier molecular flexibility index (Phi) is 7.38. The van der Waals surface area contributed by atoms with Crippen LogP contribution in [0.1, 0.15) is 52.4 Å². The standard InChI is InChI=1S/C10H21NO3/c1-3-4-5-6-10(11(13)14)8-7-9(2)12/h9-10,12H,3-8H2,1-2H3. The first-order valence-electron chi connectivity index (χ1n) is 5.39. The topological polar surface area (TPSA) is 63.4 Å². The molecule has 0 aliphatic carbocycles. The molecule has 0 radical (unpaired) electrons. The van der Waals surface area contributed by atoms with E-state index >= 15 is 0 Å². The van der Waals surface area contributed by atoms with Crippen LogP contribution in [-0.2, 0) is 0 Å². The number of nitrogens with zero attached hydrogens (tertiary/aromatic N) is 1. The van der Waals surface area contributed by atoms with E-state index in [1.807, 2.05) is 0 Å². The molecule has 0 heterocycles. The van der Waals surface area contributed by atoms with Crippen LogP contribution in [0.4, 0.5) is 0 Å². The number of unbranched alkanes of at least 4 members (excludes halogenated alkanes) is 2. The third kappa shape index (κ3) is 6.83. The molecule has 0 aromatic heterocycles. The maximum atomic E-state index is 10.6. The third-order valence-corrected chi connectivity index (χ3v) is 2.36. The van der Waals surface area contributed by atoms with Gasteiger partial charge >= 0.3 is 0 Å². The van der Waals surface area contributed by atoms with Crippen LogP contribution < -0.4 is 0 Å². The molecular formula is C10H21NO3. The Labute approximate surface area is 85.5 Å². The van der Waals surface area contributed by atoms with Crippen molar-refractivity contribution in [3.8, 4) is 0 Å². The molecule has 0 saturated heterocycles. The fourth-order valence-electron chi connectivity index (χ4n) is 1.42. The Morgan fingerprint density at radius 3 is 2.36 bits per heavy atom. The van der Waals surface area contributed by atoms with Gasteiger partial charge in [0.1, 0.15) is 0 Å². The molecule has 2 unspecified atom stereocenters. The highest BCUT2D eigenvalue weighted by molar-refractivity contribution is 4.60. The van der Waals surface area contributed by atoms with E-state index in [1.54, 1.807) is 6.92 Å². The molecule has 14 heavy (non-hydrogen) atoms. The predicted octanol–water partition coefficient (Wildman–Crippen LogP) is 2.37. The van der Waals surface area contributed by atoms with Crippen molar-refractivity contribution in [3.63, 3.8) is 0 Å². The van der Waals surface area contributed by atoms with Gasteiger partial charge in [0.15, 0.2) is 0 Å². The van der Waals surface area contributed by atoms with Crippen molar-refractivity contribution in [2.75, 3.05) is 0 Å². The monoisotopic (exact) mass is 203 g/mol. The Morgan fingerprint density at radius 1 is 1.29 bits per heavy atom. The summed E-state index contributed by atoms with van der Waals surface area (Å²) in [6.07, 6.45) is 4.30. The van der Waals surface area contributed by atoms with Crippen molar-refractivity contribution in [3.05, 3.63) is 10.1 Å². The average Bonchev–Trinajstić information content (AvgIpc) is 2.10. The molecule has 0 aromatic carbocycles. The second-order valence-corrected chi connectivity index (χ2v) is 3.86. The van der Waals surface area contributed by atoms with Crippen LogP contribution in [0.15, 0.2) is 0 Å². The van der Waals surface area contributed by atoms with Crippen LogP contribution in [0, 0.1) is 10.1 Å². The molecule has 0 aliphatic rings. The number of hydrogen-bond acceptors (Lipinski definition) is 3. The van der Waals surface area contributed by atoms with Gasteiger partial charge in [-0.05, 0) is 19.8 Å². The number of nitro groups is 1. The lowest BCUT2D eigenvalue weighted by Crippen LogP contribution is -2.21. The van der Waals surface area contributed by atoms with Gasteiger partial charge in [0.2, 0.25) is 6.04 Å². The number of hydrogen-bond donors (Lipinski definition) is 1. The highest BCUT2D eigenvalue weighted by Crippen LogP contribution is 2.12.